The Morgan fingerprint density at radius 2 is 1.88 bits per heavy atom. The van der Waals surface area contributed by atoms with Gasteiger partial charge in [-0.15, -0.1) is 0 Å². The lowest BCUT2D eigenvalue weighted by atomic mass is 9.96. The molecule has 138 valence electrons. The predicted molar refractivity (Wildman–Crippen MR) is 95.1 cm³/mol. The summed E-state index contributed by atoms with van der Waals surface area (Å²) < 4.78 is 10.7. The molecular weight excluding hydrogens is 320 g/mol. The van der Waals surface area contributed by atoms with E-state index in [1.807, 2.05) is 51.1 Å². The molecule has 25 heavy (non-hydrogen) atoms. The van der Waals surface area contributed by atoms with Crippen molar-refractivity contribution in [2.45, 2.75) is 52.4 Å². The van der Waals surface area contributed by atoms with Crippen LogP contribution in [0.1, 0.15) is 39.7 Å². The van der Waals surface area contributed by atoms with Gasteiger partial charge in [-0.25, -0.2) is 9.59 Å². The van der Waals surface area contributed by atoms with E-state index in [0.717, 1.165) is 12.0 Å². The summed E-state index contributed by atoms with van der Waals surface area (Å²) in [6.07, 6.45) is -0.00238. The van der Waals surface area contributed by atoms with Crippen molar-refractivity contribution in [2.75, 3.05) is 13.1 Å². The summed E-state index contributed by atoms with van der Waals surface area (Å²) in [5.74, 6) is 0.276. The summed E-state index contributed by atoms with van der Waals surface area (Å²) >= 11 is 0. The summed E-state index contributed by atoms with van der Waals surface area (Å²) in [6, 6.07) is 9.44. The number of alkyl carbamates (subject to hydrolysis) is 1. The Kier molecular flexibility index (Phi) is 6.28. The predicted octanol–water partition coefficient (Wildman–Crippen LogP) is 3.56. The van der Waals surface area contributed by atoms with E-state index in [1.54, 1.807) is 4.90 Å². The van der Waals surface area contributed by atoms with Crippen LogP contribution in [0.15, 0.2) is 30.3 Å². The Bertz CT molecular complexity index is 583. The number of benzene rings is 1. The largest absolute Gasteiger partial charge is 0.445 e. The number of rotatable bonds is 3. The SMILES string of the molecule is C[C@H]1C[C@H](NC(=O)OC(C)(C)C)CN(C(=O)OCc2ccccc2)C1. The van der Waals surface area contributed by atoms with Crippen LogP contribution in [0.4, 0.5) is 9.59 Å². The molecule has 0 saturated carbocycles. The fraction of sp³-hybridized carbons (Fsp3) is 0.579. The molecule has 0 unspecified atom stereocenters. The molecule has 2 atom stereocenters. The van der Waals surface area contributed by atoms with E-state index in [-0.39, 0.29) is 24.7 Å². The number of hydrogen-bond donors (Lipinski definition) is 1. The van der Waals surface area contributed by atoms with Crippen LogP contribution >= 0.6 is 0 Å². The molecule has 2 amide bonds. The van der Waals surface area contributed by atoms with Crippen molar-refractivity contribution >= 4 is 12.2 Å². The van der Waals surface area contributed by atoms with Gasteiger partial charge in [0.2, 0.25) is 0 Å². The number of piperidine rings is 1. The highest BCUT2D eigenvalue weighted by Gasteiger charge is 2.30. The van der Waals surface area contributed by atoms with E-state index in [1.165, 1.54) is 0 Å². The highest BCUT2D eigenvalue weighted by atomic mass is 16.6. The average molecular weight is 348 g/mol. The number of carbonyl (C=O) groups excluding carboxylic acids is 2. The summed E-state index contributed by atoms with van der Waals surface area (Å²) in [5.41, 5.74) is 0.405. The number of hydrogen-bond acceptors (Lipinski definition) is 4. The van der Waals surface area contributed by atoms with Crippen LogP contribution in [0, 0.1) is 5.92 Å². The first-order chi connectivity index (χ1) is 11.7. The molecular formula is C19H28N2O4. The Balaban J connectivity index is 1.86. The molecule has 6 heteroatoms. The lowest BCUT2D eigenvalue weighted by Crippen LogP contribution is -2.52. The number of nitrogens with one attached hydrogen (secondary N) is 1. The van der Waals surface area contributed by atoms with Crippen molar-refractivity contribution in [1.82, 2.24) is 10.2 Å². The minimum atomic E-state index is -0.543. The van der Waals surface area contributed by atoms with Crippen LogP contribution < -0.4 is 5.32 Å². The third-order valence-electron chi connectivity index (χ3n) is 3.84. The number of carbonyl (C=O) groups is 2. The zero-order chi connectivity index (χ0) is 18.4. The molecule has 2 rings (SSSR count). The fourth-order valence-electron chi connectivity index (χ4n) is 2.89. The van der Waals surface area contributed by atoms with E-state index in [9.17, 15) is 9.59 Å². The van der Waals surface area contributed by atoms with Crippen molar-refractivity contribution in [3.05, 3.63) is 35.9 Å². The van der Waals surface area contributed by atoms with E-state index in [2.05, 4.69) is 12.2 Å². The van der Waals surface area contributed by atoms with E-state index >= 15 is 0 Å². The van der Waals surface area contributed by atoms with Crippen LogP contribution in [0.3, 0.4) is 0 Å². The summed E-state index contributed by atoms with van der Waals surface area (Å²) in [7, 11) is 0. The smallest absolute Gasteiger partial charge is 0.410 e. The summed E-state index contributed by atoms with van der Waals surface area (Å²) in [4.78, 5) is 25.9. The second-order valence-corrected chi connectivity index (χ2v) is 7.63. The van der Waals surface area contributed by atoms with Gasteiger partial charge in [0.15, 0.2) is 0 Å². The van der Waals surface area contributed by atoms with Gasteiger partial charge >= 0.3 is 12.2 Å². The molecule has 0 aromatic heterocycles. The van der Waals surface area contributed by atoms with Gasteiger partial charge in [0.05, 0.1) is 6.04 Å². The second kappa shape index (κ2) is 8.23. The molecule has 6 nitrogen and oxygen atoms in total. The molecule has 0 radical (unpaired) electrons. The maximum absolute atomic E-state index is 12.3. The van der Waals surface area contributed by atoms with Gasteiger partial charge in [-0.2, -0.15) is 0 Å². The van der Waals surface area contributed by atoms with Crippen molar-refractivity contribution in [1.29, 1.82) is 0 Å². The van der Waals surface area contributed by atoms with Gasteiger partial charge in [-0.1, -0.05) is 37.3 Å². The lowest BCUT2D eigenvalue weighted by Gasteiger charge is -2.36. The second-order valence-electron chi connectivity index (χ2n) is 7.63. The molecule has 1 aromatic carbocycles. The van der Waals surface area contributed by atoms with Gasteiger partial charge in [0.25, 0.3) is 0 Å². The van der Waals surface area contributed by atoms with E-state index in [0.29, 0.717) is 13.1 Å². The number of likely N-dealkylation sites (tertiary alicyclic amines) is 1. The highest BCUT2D eigenvalue weighted by molar-refractivity contribution is 5.69. The number of amides is 2. The zero-order valence-electron chi connectivity index (χ0n) is 15.5. The monoisotopic (exact) mass is 348 g/mol. The molecule has 0 spiro atoms. The quantitative estimate of drug-likeness (QED) is 0.907. The van der Waals surface area contributed by atoms with Crippen molar-refractivity contribution in [2.24, 2.45) is 5.92 Å². The lowest BCUT2D eigenvalue weighted by molar-refractivity contribution is 0.0420. The van der Waals surface area contributed by atoms with Crippen molar-refractivity contribution in [3.8, 4) is 0 Å². The van der Waals surface area contributed by atoms with Gasteiger partial charge in [0, 0.05) is 13.1 Å². The van der Waals surface area contributed by atoms with Crippen LogP contribution in [0.5, 0.6) is 0 Å². The van der Waals surface area contributed by atoms with E-state index < -0.39 is 11.7 Å². The van der Waals surface area contributed by atoms with Crippen LogP contribution in [-0.2, 0) is 16.1 Å². The topological polar surface area (TPSA) is 67.9 Å². The minimum absolute atomic E-state index is 0.136. The van der Waals surface area contributed by atoms with Gasteiger partial charge in [0.1, 0.15) is 12.2 Å². The molecule has 1 fully saturated rings. The average Bonchev–Trinajstić information content (AvgIpc) is 2.51. The zero-order valence-corrected chi connectivity index (χ0v) is 15.5. The first kappa shape index (κ1) is 19.1. The van der Waals surface area contributed by atoms with Gasteiger partial charge in [-0.3, -0.25) is 0 Å². The summed E-state index contributed by atoms with van der Waals surface area (Å²) in [5, 5.41) is 2.85. The van der Waals surface area contributed by atoms with Crippen LogP contribution in [-0.4, -0.2) is 41.8 Å². The molecule has 0 aliphatic carbocycles. The molecule has 1 N–H and O–H groups in total. The Morgan fingerprint density at radius 3 is 2.52 bits per heavy atom. The highest BCUT2D eigenvalue weighted by Crippen LogP contribution is 2.18. The third-order valence-corrected chi connectivity index (χ3v) is 3.84. The van der Waals surface area contributed by atoms with Crippen LogP contribution in [0.2, 0.25) is 0 Å². The standard InChI is InChI=1S/C19H28N2O4/c1-14-10-16(20-17(22)25-19(2,3)4)12-21(11-14)18(23)24-13-15-8-6-5-7-9-15/h5-9,14,16H,10-13H2,1-4H3,(H,20,22)/t14-,16-/m0/s1. The van der Waals surface area contributed by atoms with Crippen LogP contribution in [0.25, 0.3) is 0 Å². The Hall–Kier alpha value is -2.24. The molecule has 0 bridgehead atoms. The first-order valence-corrected chi connectivity index (χ1v) is 8.68. The fourth-order valence-corrected chi connectivity index (χ4v) is 2.89. The van der Waals surface area contributed by atoms with E-state index in [4.69, 9.17) is 9.47 Å². The minimum Gasteiger partial charge on any atom is -0.445 e. The maximum atomic E-state index is 12.3. The third kappa shape index (κ3) is 6.64. The number of nitrogens with zero attached hydrogens (tertiary/aromatic N) is 1. The maximum Gasteiger partial charge on any atom is 0.410 e. The van der Waals surface area contributed by atoms with Crippen molar-refractivity contribution in [3.63, 3.8) is 0 Å². The van der Waals surface area contributed by atoms with Gasteiger partial charge in [-0.05, 0) is 38.7 Å². The normalized spacial score (nSPS) is 20.7. The number of ether oxygens (including phenoxy) is 2. The molecule has 1 aromatic rings. The Labute approximate surface area is 149 Å². The molecule has 1 heterocycles. The van der Waals surface area contributed by atoms with Gasteiger partial charge < -0.3 is 19.7 Å². The molecule has 1 saturated heterocycles. The van der Waals surface area contributed by atoms with Crippen molar-refractivity contribution < 1.29 is 19.1 Å². The summed E-state index contributed by atoms with van der Waals surface area (Å²) in [6.45, 7) is 8.82. The Morgan fingerprint density at radius 1 is 1.20 bits per heavy atom. The molecule has 1 aliphatic heterocycles. The first-order valence-electron chi connectivity index (χ1n) is 8.68. The molecule has 1 aliphatic rings.